The highest BCUT2D eigenvalue weighted by Gasteiger charge is 2.12. The van der Waals surface area contributed by atoms with Gasteiger partial charge in [0, 0.05) is 4.47 Å². The molecule has 0 spiro atoms. The summed E-state index contributed by atoms with van der Waals surface area (Å²) in [6.07, 6.45) is 1.48. The van der Waals surface area contributed by atoms with Crippen LogP contribution in [0, 0.1) is 5.82 Å². The molecule has 3 nitrogen and oxygen atoms in total. The summed E-state index contributed by atoms with van der Waals surface area (Å²) >= 11 is 6.38. The Morgan fingerprint density at radius 1 is 1.22 bits per heavy atom. The van der Waals surface area contributed by atoms with Gasteiger partial charge in [0.15, 0.2) is 0 Å². The van der Waals surface area contributed by atoms with Crippen LogP contribution in [0.15, 0.2) is 45.6 Å². The van der Waals surface area contributed by atoms with Crippen LogP contribution in [0.5, 0.6) is 0 Å². The Balaban J connectivity index is 2.21. The number of rotatable bonds is 2. The Morgan fingerprint density at radius 2 is 2.00 bits per heavy atom. The molecule has 1 aromatic carbocycles. The van der Waals surface area contributed by atoms with E-state index in [1.807, 2.05) is 0 Å². The Kier molecular flexibility index (Phi) is 4.08. The maximum atomic E-state index is 13.5. The molecule has 1 aromatic heterocycles. The number of carbonyl (C=O) groups is 1. The minimum Gasteiger partial charge on any atom is -0.320 e. The van der Waals surface area contributed by atoms with E-state index in [0.29, 0.717) is 14.8 Å². The lowest BCUT2D eigenvalue weighted by Crippen LogP contribution is -2.13. The lowest BCUT2D eigenvalue weighted by Gasteiger charge is -2.06. The SMILES string of the molecule is O=C(Nc1ccc(Br)nc1)c1cc(Br)ccc1F. The molecule has 0 aliphatic rings. The molecule has 2 rings (SSSR count). The van der Waals surface area contributed by atoms with Crippen LogP contribution in [0.1, 0.15) is 10.4 Å². The van der Waals surface area contributed by atoms with E-state index in [1.165, 1.54) is 24.4 Å². The van der Waals surface area contributed by atoms with E-state index in [9.17, 15) is 9.18 Å². The number of hydrogen-bond acceptors (Lipinski definition) is 2. The Labute approximate surface area is 120 Å². The van der Waals surface area contributed by atoms with E-state index >= 15 is 0 Å². The number of hydrogen-bond donors (Lipinski definition) is 1. The first kappa shape index (κ1) is 13.2. The standard InChI is InChI=1S/C12H7Br2FN2O/c13-7-1-3-10(15)9(5-7)12(18)17-8-2-4-11(14)16-6-8/h1-6H,(H,17,18). The third-order valence-electron chi connectivity index (χ3n) is 2.16. The highest BCUT2D eigenvalue weighted by molar-refractivity contribution is 9.10. The van der Waals surface area contributed by atoms with Crippen LogP contribution in [-0.4, -0.2) is 10.9 Å². The van der Waals surface area contributed by atoms with Crippen molar-refractivity contribution in [2.24, 2.45) is 0 Å². The van der Waals surface area contributed by atoms with Crippen molar-refractivity contribution in [2.75, 3.05) is 5.32 Å². The zero-order valence-corrected chi connectivity index (χ0v) is 12.1. The number of nitrogens with zero attached hydrogens (tertiary/aromatic N) is 1. The molecule has 0 aliphatic carbocycles. The van der Waals surface area contributed by atoms with E-state index in [0.717, 1.165) is 0 Å². The number of nitrogens with one attached hydrogen (secondary N) is 1. The smallest absolute Gasteiger partial charge is 0.258 e. The predicted octanol–water partition coefficient (Wildman–Crippen LogP) is 4.00. The van der Waals surface area contributed by atoms with Crippen molar-refractivity contribution in [1.29, 1.82) is 0 Å². The maximum Gasteiger partial charge on any atom is 0.258 e. The zero-order chi connectivity index (χ0) is 13.1. The highest BCUT2D eigenvalue weighted by atomic mass is 79.9. The molecule has 0 radical (unpaired) electrons. The minimum atomic E-state index is -0.569. The summed E-state index contributed by atoms with van der Waals surface area (Å²) in [4.78, 5) is 15.8. The molecule has 1 N–H and O–H groups in total. The lowest BCUT2D eigenvalue weighted by molar-refractivity contribution is 0.102. The number of aromatic nitrogens is 1. The van der Waals surface area contributed by atoms with Crippen molar-refractivity contribution in [2.45, 2.75) is 0 Å². The van der Waals surface area contributed by atoms with Gasteiger partial charge in [0.25, 0.3) is 5.91 Å². The molecule has 18 heavy (non-hydrogen) atoms. The van der Waals surface area contributed by atoms with E-state index in [-0.39, 0.29) is 5.56 Å². The van der Waals surface area contributed by atoms with Crippen molar-refractivity contribution in [3.8, 4) is 0 Å². The van der Waals surface area contributed by atoms with Gasteiger partial charge < -0.3 is 5.32 Å². The third-order valence-corrected chi connectivity index (χ3v) is 3.12. The van der Waals surface area contributed by atoms with Crippen molar-refractivity contribution in [3.05, 3.63) is 57.0 Å². The van der Waals surface area contributed by atoms with Gasteiger partial charge in [0.2, 0.25) is 0 Å². The van der Waals surface area contributed by atoms with Gasteiger partial charge in [-0.25, -0.2) is 9.37 Å². The van der Waals surface area contributed by atoms with Crippen LogP contribution in [0.2, 0.25) is 0 Å². The summed E-state index contributed by atoms with van der Waals surface area (Å²) < 4.78 is 14.8. The van der Waals surface area contributed by atoms with E-state index < -0.39 is 11.7 Å². The van der Waals surface area contributed by atoms with Gasteiger partial charge in [0.1, 0.15) is 10.4 Å². The average molecular weight is 374 g/mol. The van der Waals surface area contributed by atoms with E-state index in [2.05, 4.69) is 42.2 Å². The number of pyridine rings is 1. The van der Waals surface area contributed by atoms with Gasteiger partial charge in [-0.15, -0.1) is 0 Å². The number of amides is 1. The Morgan fingerprint density at radius 3 is 2.67 bits per heavy atom. The van der Waals surface area contributed by atoms with Crippen LogP contribution in [-0.2, 0) is 0 Å². The number of anilines is 1. The molecule has 1 amide bonds. The molecule has 0 saturated heterocycles. The fourth-order valence-electron chi connectivity index (χ4n) is 1.32. The molecule has 0 saturated carbocycles. The molecule has 0 fully saturated rings. The van der Waals surface area contributed by atoms with Gasteiger partial charge in [-0.2, -0.15) is 0 Å². The van der Waals surface area contributed by atoms with Gasteiger partial charge in [0.05, 0.1) is 17.4 Å². The molecule has 0 aliphatic heterocycles. The van der Waals surface area contributed by atoms with Crippen molar-refractivity contribution in [3.63, 3.8) is 0 Å². The molecule has 1 heterocycles. The second kappa shape index (κ2) is 5.58. The quantitative estimate of drug-likeness (QED) is 0.808. The van der Waals surface area contributed by atoms with Crippen LogP contribution in [0.4, 0.5) is 10.1 Å². The monoisotopic (exact) mass is 372 g/mol. The molecule has 0 bridgehead atoms. The zero-order valence-electron chi connectivity index (χ0n) is 8.95. The third kappa shape index (κ3) is 3.14. The molecular weight excluding hydrogens is 367 g/mol. The number of carbonyl (C=O) groups excluding carboxylic acids is 1. The first-order valence-electron chi connectivity index (χ1n) is 4.94. The lowest BCUT2D eigenvalue weighted by atomic mass is 10.2. The highest BCUT2D eigenvalue weighted by Crippen LogP contribution is 2.17. The first-order chi connectivity index (χ1) is 8.56. The van der Waals surface area contributed by atoms with Crippen LogP contribution >= 0.6 is 31.9 Å². The fraction of sp³-hybridized carbons (Fsp3) is 0. The van der Waals surface area contributed by atoms with Crippen molar-refractivity contribution in [1.82, 2.24) is 4.98 Å². The minimum absolute atomic E-state index is 0.0210. The second-order valence-corrected chi connectivity index (χ2v) is 5.18. The number of halogens is 3. The van der Waals surface area contributed by atoms with Gasteiger partial charge >= 0.3 is 0 Å². The van der Waals surface area contributed by atoms with Crippen LogP contribution in [0.3, 0.4) is 0 Å². The summed E-state index contributed by atoms with van der Waals surface area (Å²) in [6.45, 7) is 0. The normalized spacial score (nSPS) is 10.2. The summed E-state index contributed by atoms with van der Waals surface area (Å²) in [6, 6.07) is 7.56. The van der Waals surface area contributed by atoms with Gasteiger partial charge in [-0.3, -0.25) is 4.79 Å². The summed E-state index contributed by atoms with van der Waals surface area (Å²) in [7, 11) is 0. The molecule has 6 heteroatoms. The Hall–Kier alpha value is -1.27. The Bertz CT molecular complexity index is 587. The predicted molar refractivity (Wildman–Crippen MR) is 74.0 cm³/mol. The summed E-state index contributed by atoms with van der Waals surface area (Å²) in [5, 5.41) is 2.57. The first-order valence-corrected chi connectivity index (χ1v) is 6.53. The fourth-order valence-corrected chi connectivity index (χ4v) is 1.92. The van der Waals surface area contributed by atoms with Crippen molar-refractivity contribution < 1.29 is 9.18 Å². The van der Waals surface area contributed by atoms with Crippen LogP contribution < -0.4 is 5.32 Å². The maximum absolute atomic E-state index is 13.5. The second-order valence-electron chi connectivity index (χ2n) is 3.45. The summed E-state index contributed by atoms with van der Waals surface area (Å²) in [5.74, 6) is -1.08. The largest absolute Gasteiger partial charge is 0.320 e. The number of benzene rings is 1. The molecule has 0 atom stereocenters. The summed E-state index contributed by atoms with van der Waals surface area (Å²) in [5.41, 5.74) is 0.481. The van der Waals surface area contributed by atoms with Gasteiger partial charge in [-0.1, -0.05) is 15.9 Å². The van der Waals surface area contributed by atoms with E-state index in [4.69, 9.17) is 0 Å². The van der Waals surface area contributed by atoms with Crippen LogP contribution in [0.25, 0.3) is 0 Å². The van der Waals surface area contributed by atoms with Gasteiger partial charge in [-0.05, 0) is 46.3 Å². The molecule has 92 valence electrons. The average Bonchev–Trinajstić information content (AvgIpc) is 2.35. The molecule has 2 aromatic rings. The molecule has 0 unspecified atom stereocenters. The molecular formula is C12H7Br2FN2O. The van der Waals surface area contributed by atoms with E-state index in [1.54, 1.807) is 12.1 Å². The topological polar surface area (TPSA) is 42.0 Å². The van der Waals surface area contributed by atoms with Crippen molar-refractivity contribution >= 4 is 43.5 Å².